The van der Waals surface area contributed by atoms with Crippen LogP contribution in [0.5, 0.6) is 0 Å². The van der Waals surface area contributed by atoms with Crippen molar-refractivity contribution in [1.82, 2.24) is 5.32 Å². The van der Waals surface area contributed by atoms with Crippen LogP contribution in [0.15, 0.2) is 42.5 Å². The number of benzene rings is 2. The predicted octanol–water partition coefficient (Wildman–Crippen LogP) is 5.09. The van der Waals surface area contributed by atoms with Crippen molar-refractivity contribution in [2.45, 2.75) is 45.2 Å². The number of carbonyl (C=O) groups is 2. The van der Waals surface area contributed by atoms with Crippen molar-refractivity contribution < 1.29 is 27.5 Å². The maximum absolute atomic E-state index is 13.5. The number of carbonyl (C=O) groups excluding carboxylic acids is 2. The molecule has 2 N–H and O–H groups in total. The Kier molecular flexibility index (Phi) is 7.47. The second-order valence-electron chi connectivity index (χ2n) is 8.86. The molecule has 1 fully saturated rings. The van der Waals surface area contributed by atoms with Crippen molar-refractivity contribution in [2.24, 2.45) is 5.92 Å². The van der Waals surface area contributed by atoms with Crippen LogP contribution in [0, 0.1) is 12.8 Å². The molecule has 0 atom stereocenters. The first-order valence-electron chi connectivity index (χ1n) is 11.0. The monoisotopic (exact) mass is 462 g/mol. The van der Waals surface area contributed by atoms with Crippen LogP contribution in [0.1, 0.15) is 53.7 Å². The van der Waals surface area contributed by atoms with E-state index in [2.05, 4.69) is 10.6 Å². The van der Waals surface area contributed by atoms with Gasteiger partial charge in [-0.25, -0.2) is 0 Å². The lowest BCUT2D eigenvalue weighted by Crippen LogP contribution is -2.45. The third kappa shape index (κ3) is 5.74. The average Bonchev–Trinajstić information content (AvgIpc) is 2.78. The summed E-state index contributed by atoms with van der Waals surface area (Å²) in [4.78, 5) is 25.8. The molecule has 1 heterocycles. The summed E-state index contributed by atoms with van der Waals surface area (Å²) in [6, 6.07) is 9.91. The van der Waals surface area contributed by atoms with Gasteiger partial charge in [-0.15, -0.1) is 0 Å². The standard InChI is InChI=1S/C25H29F3N2O3/c1-16(2)15-29-22(31)18-7-8-21(17(3)13-18)30-23(32)24(9-11-33-12-10-24)19-5-4-6-20(14-19)25(26,27)28/h4-8,13-14,16H,9-12,15H2,1-3H3,(H,29,31)(H,30,32). The number of nitrogens with one attached hydrogen (secondary N) is 2. The largest absolute Gasteiger partial charge is 0.416 e. The normalized spacial score (nSPS) is 15.8. The van der Waals surface area contributed by atoms with Crippen molar-refractivity contribution in [3.63, 3.8) is 0 Å². The Morgan fingerprint density at radius 2 is 1.79 bits per heavy atom. The molecule has 2 aromatic carbocycles. The molecule has 3 rings (SSSR count). The van der Waals surface area contributed by atoms with Crippen LogP contribution in [-0.2, 0) is 21.1 Å². The van der Waals surface area contributed by atoms with Gasteiger partial charge in [0.2, 0.25) is 5.91 Å². The molecule has 1 aliphatic rings. The molecular weight excluding hydrogens is 433 g/mol. The lowest BCUT2D eigenvalue weighted by Gasteiger charge is -2.36. The maximum atomic E-state index is 13.5. The van der Waals surface area contributed by atoms with Crippen molar-refractivity contribution in [3.05, 3.63) is 64.7 Å². The second kappa shape index (κ2) is 9.95. The Labute approximate surface area is 191 Å². The number of rotatable bonds is 6. The quantitative estimate of drug-likeness (QED) is 0.629. The fourth-order valence-electron chi connectivity index (χ4n) is 3.95. The summed E-state index contributed by atoms with van der Waals surface area (Å²) in [6.07, 6.45) is -3.95. The topological polar surface area (TPSA) is 67.4 Å². The van der Waals surface area contributed by atoms with Crippen LogP contribution in [0.2, 0.25) is 0 Å². The molecule has 8 heteroatoms. The number of anilines is 1. The van der Waals surface area contributed by atoms with E-state index in [9.17, 15) is 22.8 Å². The van der Waals surface area contributed by atoms with Crippen LogP contribution in [-0.4, -0.2) is 31.6 Å². The lowest BCUT2D eigenvalue weighted by molar-refractivity contribution is -0.138. The fraction of sp³-hybridized carbons (Fsp3) is 0.440. The highest BCUT2D eigenvalue weighted by Crippen LogP contribution is 2.39. The van der Waals surface area contributed by atoms with E-state index < -0.39 is 17.2 Å². The molecule has 0 bridgehead atoms. The Balaban J connectivity index is 1.86. The Hall–Kier alpha value is -2.87. The first-order chi connectivity index (χ1) is 15.5. The number of hydrogen-bond donors (Lipinski definition) is 2. The van der Waals surface area contributed by atoms with E-state index in [0.717, 1.165) is 12.1 Å². The lowest BCUT2D eigenvalue weighted by atomic mass is 9.73. The third-order valence-electron chi connectivity index (χ3n) is 5.93. The summed E-state index contributed by atoms with van der Waals surface area (Å²) in [6.45, 7) is 6.88. The highest BCUT2D eigenvalue weighted by Gasteiger charge is 2.43. The predicted molar refractivity (Wildman–Crippen MR) is 120 cm³/mol. The number of amides is 2. The molecule has 0 spiro atoms. The van der Waals surface area contributed by atoms with E-state index in [1.54, 1.807) is 31.2 Å². The smallest absolute Gasteiger partial charge is 0.381 e. The fourth-order valence-corrected chi connectivity index (χ4v) is 3.95. The molecule has 33 heavy (non-hydrogen) atoms. The van der Waals surface area contributed by atoms with Crippen molar-refractivity contribution in [2.75, 3.05) is 25.1 Å². The molecule has 1 saturated heterocycles. The van der Waals surface area contributed by atoms with Gasteiger partial charge >= 0.3 is 6.18 Å². The number of aryl methyl sites for hydroxylation is 1. The van der Waals surface area contributed by atoms with E-state index in [1.165, 1.54) is 6.07 Å². The van der Waals surface area contributed by atoms with Crippen LogP contribution in [0.4, 0.5) is 18.9 Å². The van der Waals surface area contributed by atoms with Crippen LogP contribution >= 0.6 is 0 Å². The Morgan fingerprint density at radius 1 is 1.09 bits per heavy atom. The van der Waals surface area contributed by atoms with Gasteiger partial charge in [-0.2, -0.15) is 13.2 Å². The third-order valence-corrected chi connectivity index (χ3v) is 5.93. The first-order valence-corrected chi connectivity index (χ1v) is 11.0. The zero-order valence-corrected chi connectivity index (χ0v) is 19.0. The molecule has 178 valence electrons. The second-order valence-corrected chi connectivity index (χ2v) is 8.86. The molecule has 5 nitrogen and oxygen atoms in total. The first kappa shape index (κ1) is 24.8. The Morgan fingerprint density at radius 3 is 2.39 bits per heavy atom. The molecule has 0 saturated carbocycles. The van der Waals surface area contributed by atoms with Gasteiger partial charge in [0.25, 0.3) is 5.91 Å². The van der Waals surface area contributed by atoms with E-state index in [1.807, 2.05) is 13.8 Å². The van der Waals surface area contributed by atoms with Crippen LogP contribution in [0.3, 0.4) is 0 Å². The molecule has 1 aliphatic heterocycles. The summed E-state index contributed by atoms with van der Waals surface area (Å²) in [5.41, 5.74) is 0.0705. The SMILES string of the molecule is Cc1cc(C(=O)NCC(C)C)ccc1NC(=O)C1(c2cccc(C(F)(F)F)c2)CCOCC1. The van der Waals surface area contributed by atoms with E-state index >= 15 is 0 Å². The minimum atomic E-state index is -4.50. The summed E-state index contributed by atoms with van der Waals surface area (Å²) in [5, 5.41) is 5.74. The van der Waals surface area contributed by atoms with Gasteiger partial charge in [-0.3, -0.25) is 9.59 Å². The zero-order chi connectivity index (χ0) is 24.2. The van der Waals surface area contributed by atoms with Crippen molar-refractivity contribution >= 4 is 17.5 Å². The van der Waals surface area contributed by atoms with Crippen molar-refractivity contribution in [1.29, 1.82) is 0 Å². The van der Waals surface area contributed by atoms with Gasteiger partial charge in [0.05, 0.1) is 11.0 Å². The molecule has 2 amide bonds. The van der Waals surface area contributed by atoms with Gasteiger partial charge < -0.3 is 15.4 Å². The van der Waals surface area contributed by atoms with E-state index in [4.69, 9.17) is 4.74 Å². The molecule has 0 aromatic heterocycles. The summed E-state index contributed by atoms with van der Waals surface area (Å²) < 4.78 is 45.3. The number of ether oxygens (including phenoxy) is 1. The van der Waals surface area contributed by atoms with Gasteiger partial charge in [-0.05, 0) is 61.1 Å². The van der Waals surface area contributed by atoms with E-state index in [-0.39, 0.29) is 37.9 Å². The highest BCUT2D eigenvalue weighted by molar-refractivity contribution is 6.01. The van der Waals surface area contributed by atoms with Crippen LogP contribution < -0.4 is 10.6 Å². The Bertz CT molecular complexity index is 1010. The van der Waals surface area contributed by atoms with Gasteiger partial charge in [-0.1, -0.05) is 32.0 Å². The molecule has 0 radical (unpaired) electrons. The highest BCUT2D eigenvalue weighted by atomic mass is 19.4. The minimum absolute atomic E-state index is 0.199. The van der Waals surface area contributed by atoms with Gasteiger partial charge in [0, 0.05) is 31.0 Å². The molecule has 2 aromatic rings. The minimum Gasteiger partial charge on any atom is -0.381 e. The number of halogens is 3. The van der Waals surface area contributed by atoms with Gasteiger partial charge in [0.15, 0.2) is 0 Å². The summed E-state index contributed by atoms with van der Waals surface area (Å²) in [5.74, 6) is -0.264. The number of alkyl halides is 3. The van der Waals surface area contributed by atoms with Crippen molar-refractivity contribution in [3.8, 4) is 0 Å². The van der Waals surface area contributed by atoms with Gasteiger partial charge in [0.1, 0.15) is 0 Å². The van der Waals surface area contributed by atoms with Crippen LogP contribution in [0.25, 0.3) is 0 Å². The summed E-state index contributed by atoms with van der Waals surface area (Å²) >= 11 is 0. The summed E-state index contributed by atoms with van der Waals surface area (Å²) in [7, 11) is 0. The molecule has 0 aliphatic carbocycles. The maximum Gasteiger partial charge on any atom is 0.416 e. The average molecular weight is 463 g/mol. The molecule has 0 unspecified atom stereocenters. The molecular formula is C25H29F3N2O3. The zero-order valence-electron chi connectivity index (χ0n) is 19.0. The number of hydrogen-bond acceptors (Lipinski definition) is 3. The van der Waals surface area contributed by atoms with E-state index in [0.29, 0.717) is 34.8 Å².